The van der Waals surface area contributed by atoms with Crippen LogP contribution in [-0.4, -0.2) is 11.6 Å². The van der Waals surface area contributed by atoms with E-state index >= 15 is 0 Å². The molecule has 0 N–H and O–H groups in total. The zero-order valence-electron chi connectivity index (χ0n) is 10.9. The van der Waals surface area contributed by atoms with Crippen molar-refractivity contribution in [1.29, 1.82) is 0 Å². The summed E-state index contributed by atoms with van der Waals surface area (Å²) in [5.41, 5.74) is -0.0819. The largest absolute Gasteiger partial charge is 0.459 e. The first kappa shape index (κ1) is 13.5. The Labute approximate surface area is 99.8 Å². The van der Waals surface area contributed by atoms with Crippen LogP contribution in [0.3, 0.4) is 0 Å². The number of hydrogen-bond donors (Lipinski definition) is 0. The third kappa shape index (κ3) is 4.15. The molecule has 2 heteroatoms. The molecular formula is C14H26O2. The van der Waals surface area contributed by atoms with Gasteiger partial charge in [-0.05, 0) is 32.1 Å². The molecule has 2 nitrogen and oxygen atoms in total. The van der Waals surface area contributed by atoms with Gasteiger partial charge in [0.05, 0.1) is 0 Å². The Kier molecular flexibility index (Phi) is 5.86. The topological polar surface area (TPSA) is 26.3 Å². The molecule has 0 radical (unpaired) electrons. The molecule has 1 aliphatic heterocycles. The fourth-order valence-corrected chi connectivity index (χ4v) is 2.54. The van der Waals surface area contributed by atoms with Crippen LogP contribution in [0.25, 0.3) is 0 Å². The van der Waals surface area contributed by atoms with Crippen LogP contribution in [0.5, 0.6) is 0 Å². The first-order valence-electron chi connectivity index (χ1n) is 6.94. The Morgan fingerprint density at radius 2 is 1.62 bits per heavy atom. The summed E-state index contributed by atoms with van der Waals surface area (Å²) in [6, 6.07) is 0. The van der Waals surface area contributed by atoms with Crippen molar-refractivity contribution in [3.05, 3.63) is 0 Å². The van der Waals surface area contributed by atoms with Crippen molar-refractivity contribution in [2.24, 2.45) is 0 Å². The summed E-state index contributed by atoms with van der Waals surface area (Å²) in [7, 11) is 0. The van der Waals surface area contributed by atoms with E-state index < -0.39 is 0 Å². The van der Waals surface area contributed by atoms with E-state index in [9.17, 15) is 4.79 Å². The standard InChI is InChI=1S/C14H26O2/c1-3-5-7-10-14(11-8-6-4-2)12-9-13(15)16-14/h3-12H2,1-2H3. The summed E-state index contributed by atoms with van der Waals surface area (Å²) >= 11 is 0. The lowest BCUT2D eigenvalue weighted by Gasteiger charge is -2.27. The monoisotopic (exact) mass is 226 g/mol. The lowest BCUT2D eigenvalue weighted by Crippen LogP contribution is -2.28. The van der Waals surface area contributed by atoms with Crippen LogP contribution >= 0.6 is 0 Å². The number of unbranched alkanes of at least 4 members (excludes halogenated alkanes) is 4. The van der Waals surface area contributed by atoms with Crippen LogP contribution in [0, 0.1) is 0 Å². The van der Waals surface area contributed by atoms with E-state index in [1.165, 1.54) is 38.5 Å². The maximum absolute atomic E-state index is 11.3. The lowest BCUT2D eigenvalue weighted by atomic mass is 9.87. The summed E-state index contributed by atoms with van der Waals surface area (Å²) in [4.78, 5) is 11.3. The van der Waals surface area contributed by atoms with Crippen molar-refractivity contribution >= 4 is 5.97 Å². The third-order valence-electron chi connectivity index (χ3n) is 3.59. The fourth-order valence-electron chi connectivity index (χ4n) is 2.54. The molecule has 1 saturated heterocycles. The van der Waals surface area contributed by atoms with Crippen LogP contribution in [0.2, 0.25) is 0 Å². The van der Waals surface area contributed by atoms with Gasteiger partial charge in [-0.3, -0.25) is 4.79 Å². The van der Waals surface area contributed by atoms with Crippen molar-refractivity contribution in [2.75, 3.05) is 0 Å². The second-order valence-electron chi connectivity index (χ2n) is 5.07. The molecule has 1 aliphatic rings. The van der Waals surface area contributed by atoms with Gasteiger partial charge < -0.3 is 4.74 Å². The Morgan fingerprint density at radius 3 is 2.00 bits per heavy atom. The van der Waals surface area contributed by atoms with Gasteiger partial charge in [0, 0.05) is 6.42 Å². The lowest BCUT2D eigenvalue weighted by molar-refractivity contribution is -0.149. The number of hydrogen-bond acceptors (Lipinski definition) is 2. The number of cyclic esters (lactones) is 1. The second kappa shape index (κ2) is 6.93. The molecular weight excluding hydrogens is 200 g/mol. The van der Waals surface area contributed by atoms with Crippen LogP contribution in [0.1, 0.15) is 78.1 Å². The molecule has 16 heavy (non-hydrogen) atoms. The predicted molar refractivity (Wildman–Crippen MR) is 66.3 cm³/mol. The number of esters is 1. The zero-order valence-corrected chi connectivity index (χ0v) is 10.9. The molecule has 0 saturated carbocycles. The number of ether oxygens (including phenoxy) is 1. The molecule has 0 aromatic carbocycles. The highest BCUT2D eigenvalue weighted by Crippen LogP contribution is 2.36. The maximum Gasteiger partial charge on any atom is 0.306 e. The van der Waals surface area contributed by atoms with Gasteiger partial charge in [0.1, 0.15) is 5.60 Å². The minimum atomic E-state index is -0.0819. The van der Waals surface area contributed by atoms with Crippen molar-refractivity contribution in [3.8, 4) is 0 Å². The van der Waals surface area contributed by atoms with E-state index in [4.69, 9.17) is 4.74 Å². The smallest absolute Gasteiger partial charge is 0.306 e. The maximum atomic E-state index is 11.3. The molecule has 1 fully saturated rings. The Bertz CT molecular complexity index is 201. The zero-order chi connectivity index (χ0) is 11.9. The molecule has 1 rings (SSSR count). The summed E-state index contributed by atoms with van der Waals surface area (Å²) < 4.78 is 5.60. The highest BCUT2D eigenvalue weighted by molar-refractivity contribution is 5.72. The predicted octanol–water partition coefficient (Wildman–Crippen LogP) is 4.22. The number of carbonyl (C=O) groups is 1. The van der Waals surface area contributed by atoms with E-state index in [1.807, 2.05) is 0 Å². The molecule has 0 bridgehead atoms. The quantitative estimate of drug-likeness (QED) is 0.457. The molecule has 0 spiro atoms. The Balaban J connectivity index is 2.38. The molecule has 0 aromatic rings. The van der Waals surface area contributed by atoms with Gasteiger partial charge in [-0.25, -0.2) is 0 Å². The average Bonchev–Trinajstić information content (AvgIpc) is 2.62. The first-order chi connectivity index (χ1) is 7.72. The summed E-state index contributed by atoms with van der Waals surface area (Å²) in [6.45, 7) is 4.43. The van der Waals surface area contributed by atoms with E-state index in [2.05, 4.69) is 13.8 Å². The Hall–Kier alpha value is -0.530. The second-order valence-corrected chi connectivity index (χ2v) is 5.07. The normalized spacial score (nSPS) is 18.8. The van der Waals surface area contributed by atoms with Gasteiger partial charge >= 0.3 is 5.97 Å². The molecule has 0 atom stereocenters. The fraction of sp³-hybridized carbons (Fsp3) is 0.929. The van der Waals surface area contributed by atoms with E-state index in [1.54, 1.807) is 0 Å². The van der Waals surface area contributed by atoms with Crippen molar-refractivity contribution in [1.82, 2.24) is 0 Å². The molecule has 0 unspecified atom stereocenters. The first-order valence-corrected chi connectivity index (χ1v) is 6.94. The third-order valence-corrected chi connectivity index (χ3v) is 3.59. The van der Waals surface area contributed by atoms with Gasteiger partial charge in [-0.15, -0.1) is 0 Å². The van der Waals surface area contributed by atoms with Crippen LogP contribution in [0.15, 0.2) is 0 Å². The number of carbonyl (C=O) groups excluding carboxylic acids is 1. The molecule has 94 valence electrons. The van der Waals surface area contributed by atoms with Crippen molar-refractivity contribution in [2.45, 2.75) is 83.7 Å². The molecule has 0 amide bonds. The minimum absolute atomic E-state index is 0.0213. The Morgan fingerprint density at radius 1 is 1.06 bits per heavy atom. The summed E-state index contributed by atoms with van der Waals surface area (Å²) in [6.07, 6.45) is 11.1. The molecule has 0 aliphatic carbocycles. The van der Waals surface area contributed by atoms with Crippen molar-refractivity contribution in [3.63, 3.8) is 0 Å². The van der Waals surface area contributed by atoms with E-state index in [0.29, 0.717) is 6.42 Å². The average molecular weight is 226 g/mol. The minimum Gasteiger partial charge on any atom is -0.459 e. The van der Waals surface area contributed by atoms with Gasteiger partial charge in [0.25, 0.3) is 0 Å². The summed E-state index contributed by atoms with van der Waals surface area (Å²) in [5, 5.41) is 0. The van der Waals surface area contributed by atoms with Gasteiger partial charge in [-0.2, -0.15) is 0 Å². The molecule has 0 aromatic heterocycles. The van der Waals surface area contributed by atoms with Crippen molar-refractivity contribution < 1.29 is 9.53 Å². The van der Waals surface area contributed by atoms with Crippen LogP contribution in [-0.2, 0) is 9.53 Å². The van der Waals surface area contributed by atoms with E-state index in [-0.39, 0.29) is 11.6 Å². The van der Waals surface area contributed by atoms with Gasteiger partial charge in [-0.1, -0.05) is 39.5 Å². The molecule has 1 heterocycles. The summed E-state index contributed by atoms with van der Waals surface area (Å²) in [5.74, 6) is 0.0213. The highest BCUT2D eigenvalue weighted by Gasteiger charge is 2.38. The van der Waals surface area contributed by atoms with E-state index in [0.717, 1.165) is 19.3 Å². The highest BCUT2D eigenvalue weighted by atomic mass is 16.6. The van der Waals surface area contributed by atoms with Crippen LogP contribution < -0.4 is 0 Å². The van der Waals surface area contributed by atoms with Gasteiger partial charge in [0.2, 0.25) is 0 Å². The van der Waals surface area contributed by atoms with Gasteiger partial charge in [0.15, 0.2) is 0 Å². The SMILES string of the molecule is CCCCCC1(CCCCC)CCC(=O)O1. The number of rotatable bonds is 8. The van der Waals surface area contributed by atoms with Crippen LogP contribution in [0.4, 0.5) is 0 Å².